The molecule has 0 aliphatic carbocycles. The van der Waals surface area contributed by atoms with Gasteiger partial charge in [0, 0.05) is 24.8 Å². The van der Waals surface area contributed by atoms with Gasteiger partial charge in [0.1, 0.15) is 0 Å². The van der Waals surface area contributed by atoms with E-state index in [1.165, 1.54) is 0 Å². The summed E-state index contributed by atoms with van der Waals surface area (Å²) < 4.78 is 0. The summed E-state index contributed by atoms with van der Waals surface area (Å²) in [5.74, 6) is 0.674. The number of aromatic amines is 1. The van der Waals surface area contributed by atoms with Crippen molar-refractivity contribution >= 4 is 6.08 Å². The zero-order valence-corrected chi connectivity index (χ0v) is 7.09. The number of hydrogen-bond donors (Lipinski definition) is 1. The minimum Gasteiger partial charge on any atom is -0.351 e. The van der Waals surface area contributed by atoms with Crippen LogP contribution in [0.2, 0.25) is 0 Å². The van der Waals surface area contributed by atoms with Gasteiger partial charge in [-0.05, 0) is 12.1 Å². The van der Waals surface area contributed by atoms with Crippen molar-refractivity contribution in [3.8, 4) is 0 Å². The van der Waals surface area contributed by atoms with Gasteiger partial charge >= 0.3 is 0 Å². The molecule has 0 radical (unpaired) electrons. The van der Waals surface area contributed by atoms with Crippen LogP contribution >= 0.6 is 0 Å². The van der Waals surface area contributed by atoms with Gasteiger partial charge in [0.25, 0.3) is 0 Å². The summed E-state index contributed by atoms with van der Waals surface area (Å²) in [5.41, 5.74) is 0. The van der Waals surface area contributed by atoms with Crippen LogP contribution < -0.4 is 0 Å². The Bertz CT molecular complexity index is 297. The molecule has 2 aromatic heterocycles. The highest BCUT2D eigenvalue weighted by Gasteiger charge is 1.79. The van der Waals surface area contributed by atoms with Gasteiger partial charge in [-0.25, -0.2) is 15.0 Å². The number of nitrogens with one attached hydrogen (secondary N) is 1. The molecule has 0 aliphatic rings. The Morgan fingerprint density at radius 1 is 1.23 bits per heavy atom. The van der Waals surface area contributed by atoms with Crippen molar-refractivity contribution in [2.24, 2.45) is 0 Å². The highest BCUT2D eigenvalue weighted by molar-refractivity contribution is 5.34. The van der Waals surface area contributed by atoms with Crippen LogP contribution in [0.1, 0.15) is 5.82 Å². The number of nitrogens with zero attached hydrogens (tertiary/aromatic N) is 3. The molecule has 2 aromatic rings. The summed E-state index contributed by atoms with van der Waals surface area (Å²) in [7, 11) is 0. The molecule has 1 N–H and O–H groups in total. The van der Waals surface area contributed by atoms with Crippen LogP contribution in [-0.2, 0) is 0 Å². The second kappa shape index (κ2) is 5.65. The Labute approximate surface area is 76.4 Å². The van der Waals surface area contributed by atoms with Crippen LogP contribution in [0.3, 0.4) is 0 Å². The summed E-state index contributed by atoms with van der Waals surface area (Å²) in [6, 6.07) is 1.77. The van der Waals surface area contributed by atoms with E-state index in [2.05, 4.69) is 26.5 Å². The summed E-state index contributed by atoms with van der Waals surface area (Å²) in [4.78, 5) is 14.2. The molecule has 0 aromatic carbocycles. The Balaban J connectivity index is 0.000000145. The Morgan fingerprint density at radius 2 is 2.00 bits per heavy atom. The zero-order valence-electron chi connectivity index (χ0n) is 7.09. The minimum atomic E-state index is 0.674. The van der Waals surface area contributed by atoms with Gasteiger partial charge in [-0.15, -0.1) is 0 Å². The van der Waals surface area contributed by atoms with E-state index in [1.807, 2.05) is 0 Å². The lowest BCUT2D eigenvalue weighted by Crippen LogP contribution is -1.80. The fourth-order valence-electron chi connectivity index (χ4n) is 0.631. The number of aromatic nitrogens is 4. The van der Waals surface area contributed by atoms with Gasteiger partial charge in [0.15, 0.2) is 5.82 Å². The topological polar surface area (TPSA) is 54.5 Å². The average Bonchev–Trinajstić information content (AvgIpc) is 2.77. The zero-order chi connectivity index (χ0) is 9.36. The third kappa shape index (κ3) is 3.81. The van der Waals surface area contributed by atoms with Gasteiger partial charge in [0.2, 0.25) is 0 Å². The Morgan fingerprint density at radius 3 is 2.31 bits per heavy atom. The van der Waals surface area contributed by atoms with Crippen LogP contribution in [0, 0.1) is 0 Å². The first kappa shape index (κ1) is 9.12. The molecule has 2 rings (SSSR count). The lowest BCUT2D eigenvalue weighted by molar-refractivity contribution is 1.14. The van der Waals surface area contributed by atoms with E-state index in [9.17, 15) is 0 Å². The molecule has 0 saturated heterocycles. The highest BCUT2D eigenvalue weighted by Crippen LogP contribution is 1.85. The molecule has 66 valence electrons. The molecular weight excluding hydrogens is 164 g/mol. The van der Waals surface area contributed by atoms with E-state index >= 15 is 0 Å². The molecule has 0 atom stereocenters. The van der Waals surface area contributed by atoms with Gasteiger partial charge in [0.05, 0.1) is 6.33 Å². The third-order valence-corrected chi connectivity index (χ3v) is 1.17. The molecule has 13 heavy (non-hydrogen) atoms. The molecule has 0 saturated carbocycles. The van der Waals surface area contributed by atoms with E-state index in [0.29, 0.717) is 5.82 Å². The molecule has 4 heteroatoms. The molecule has 0 aliphatic heterocycles. The van der Waals surface area contributed by atoms with Crippen molar-refractivity contribution in [1.29, 1.82) is 0 Å². The molecule has 0 amide bonds. The smallest absolute Gasteiger partial charge is 0.151 e. The van der Waals surface area contributed by atoms with Crippen LogP contribution in [0.5, 0.6) is 0 Å². The van der Waals surface area contributed by atoms with E-state index in [4.69, 9.17) is 0 Å². The number of imidazole rings is 1. The quantitative estimate of drug-likeness (QED) is 0.713. The lowest BCUT2D eigenvalue weighted by atomic mass is 10.5. The minimum absolute atomic E-state index is 0.674. The molecule has 0 spiro atoms. The van der Waals surface area contributed by atoms with Crippen molar-refractivity contribution in [2.45, 2.75) is 0 Å². The summed E-state index contributed by atoms with van der Waals surface area (Å²) >= 11 is 0. The van der Waals surface area contributed by atoms with Crippen LogP contribution in [0.25, 0.3) is 6.08 Å². The molecule has 4 nitrogen and oxygen atoms in total. The first-order valence-electron chi connectivity index (χ1n) is 3.75. The third-order valence-electron chi connectivity index (χ3n) is 1.17. The second-order valence-corrected chi connectivity index (χ2v) is 2.07. The molecule has 0 fully saturated rings. The number of hydrogen-bond acceptors (Lipinski definition) is 3. The maximum atomic E-state index is 3.87. The van der Waals surface area contributed by atoms with E-state index in [1.54, 1.807) is 43.3 Å². The van der Waals surface area contributed by atoms with Crippen molar-refractivity contribution in [1.82, 2.24) is 19.9 Å². The van der Waals surface area contributed by atoms with E-state index in [-0.39, 0.29) is 0 Å². The van der Waals surface area contributed by atoms with Crippen molar-refractivity contribution < 1.29 is 0 Å². The van der Waals surface area contributed by atoms with Crippen molar-refractivity contribution in [3.05, 3.63) is 49.6 Å². The predicted molar refractivity (Wildman–Crippen MR) is 50.7 cm³/mol. The van der Waals surface area contributed by atoms with Crippen LogP contribution in [-0.4, -0.2) is 19.9 Å². The van der Waals surface area contributed by atoms with Gasteiger partial charge in [-0.2, -0.15) is 0 Å². The number of H-pyrrole nitrogens is 1. The standard InChI is InChI=1S/C6H6N2.C3H4N2/c1-2-6-7-4-3-5-8-6;1-2-5-3-4-1/h2-5H,1H2;1-3H,(H,4,5). The Hall–Kier alpha value is -1.97. The maximum absolute atomic E-state index is 3.87. The summed E-state index contributed by atoms with van der Waals surface area (Å²) in [6.07, 6.45) is 10.1. The highest BCUT2D eigenvalue weighted by atomic mass is 14.8. The molecule has 0 bridgehead atoms. The van der Waals surface area contributed by atoms with Gasteiger partial charge in [-0.3, -0.25) is 0 Å². The maximum Gasteiger partial charge on any atom is 0.151 e. The summed E-state index contributed by atoms with van der Waals surface area (Å²) in [5, 5.41) is 0. The fraction of sp³-hybridized carbons (Fsp3) is 0. The average molecular weight is 174 g/mol. The SMILES string of the molecule is C=Cc1ncccn1.c1c[nH]cn1. The largest absolute Gasteiger partial charge is 0.351 e. The van der Waals surface area contributed by atoms with Gasteiger partial charge in [-0.1, -0.05) is 6.58 Å². The summed E-state index contributed by atoms with van der Waals surface area (Å²) in [6.45, 7) is 3.51. The monoisotopic (exact) mass is 174 g/mol. The van der Waals surface area contributed by atoms with Crippen molar-refractivity contribution in [2.75, 3.05) is 0 Å². The van der Waals surface area contributed by atoms with Crippen LogP contribution in [0.4, 0.5) is 0 Å². The normalized spacial score (nSPS) is 8.31. The molecular formula is C9H10N4. The molecule has 0 unspecified atom stereocenters. The van der Waals surface area contributed by atoms with E-state index in [0.717, 1.165) is 0 Å². The molecule has 2 heterocycles. The van der Waals surface area contributed by atoms with E-state index < -0.39 is 0 Å². The predicted octanol–water partition coefficient (Wildman–Crippen LogP) is 1.53. The number of rotatable bonds is 1. The fourth-order valence-corrected chi connectivity index (χ4v) is 0.631. The van der Waals surface area contributed by atoms with Crippen LogP contribution in [0.15, 0.2) is 43.8 Å². The van der Waals surface area contributed by atoms with Gasteiger partial charge < -0.3 is 4.98 Å². The first-order chi connectivity index (χ1) is 6.43. The lowest BCUT2D eigenvalue weighted by Gasteiger charge is -1.83. The second-order valence-electron chi connectivity index (χ2n) is 2.07. The Kier molecular flexibility index (Phi) is 3.96. The van der Waals surface area contributed by atoms with Crippen molar-refractivity contribution in [3.63, 3.8) is 0 Å². The first-order valence-corrected chi connectivity index (χ1v) is 3.75.